The van der Waals surface area contributed by atoms with E-state index in [0.29, 0.717) is 16.6 Å². The van der Waals surface area contributed by atoms with E-state index in [1.165, 1.54) is 17.7 Å². The van der Waals surface area contributed by atoms with Gasteiger partial charge in [0.05, 0.1) is 11.1 Å². The summed E-state index contributed by atoms with van der Waals surface area (Å²) in [4.78, 5) is 37.0. The van der Waals surface area contributed by atoms with Gasteiger partial charge in [0.1, 0.15) is 6.54 Å². The Morgan fingerprint density at radius 2 is 1.85 bits per heavy atom. The number of nitrogens with zero attached hydrogens (tertiary/aromatic N) is 1. The highest BCUT2D eigenvalue weighted by Crippen LogP contribution is 2.18. The Balaban J connectivity index is 1.98. The Morgan fingerprint density at radius 1 is 1.08 bits per heavy atom. The number of fused-ring (bicyclic) bond motifs is 1. The van der Waals surface area contributed by atoms with E-state index >= 15 is 0 Å². The molecule has 0 radical (unpaired) electrons. The number of halogens is 1. The second kappa shape index (κ2) is 7.53. The van der Waals surface area contributed by atoms with Crippen LogP contribution in [0.2, 0.25) is 0 Å². The molecule has 0 aliphatic rings. The zero-order valence-corrected chi connectivity index (χ0v) is 15.5. The molecule has 0 aliphatic heterocycles. The molecule has 26 heavy (non-hydrogen) atoms. The van der Waals surface area contributed by atoms with E-state index < -0.39 is 5.56 Å². The molecule has 6 nitrogen and oxygen atoms in total. The molecule has 3 aromatic rings. The second-order valence-corrected chi connectivity index (χ2v) is 6.55. The van der Waals surface area contributed by atoms with Gasteiger partial charge in [0.2, 0.25) is 5.91 Å². The van der Waals surface area contributed by atoms with Crippen molar-refractivity contribution in [1.82, 2.24) is 9.88 Å². The third-order valence-corrected chi connectivity index (χ3v) is 4.39. The van der Waals surface area contributed by atoms with Crippen molar-refractivity contribution in [2.24, 2.45) is 0 Å². The molecule has 7 heteroatoms. The average molecular weight is 414 g/mol. The molecule has 0 saturated heterocycles. The quantitative estimate of drug-likeness (QED) is 0.689. The molecule has 2 N–H and O–H groups in total. The SMILES string of the molecule is CNC(=O)c1cc(=O)n(CC(=O)Nc2cccc(Br)c2)c2ccccc12. The number of amides is 2. The van der Waals surface area contributed by atoms with Crippen LogP contribution < -0.4 is 16.2 Å². The summed E-state index contributed by atoms with van der Waals surface area (Å²) in [7, 11) is 1.51. The third-order valence-electron chi connectivity index (χ3n) is 3.90. The predicted molar refractivity (Wildman–Crippen MR) is 104 cm³/mol. The van der Waals surface area contributed by atoms with Gasteiger partial charge < -0.3 is 10.6 Å². The first-order valence-corrected chi connectivity index (χ1v) is 8.69. The number of pyridine rings is 1. The van der Waals surface area contributed by atoms with E-state index in [4.69, 9.17) is 0 Å². The molecule has 0 fully saturated rings. The van der Waals surface area contributed by atoms with Crippen molar-refractivity contribution in [1.29, 1.82) is 0 Å². The fraction of sp³-hybridized carbons (Fsp3) is 0.105. The topological polar surface area (TPSA) is 80.2 Å². The lowest BCUT2D eigenvalue weighted by molar-refractivity contribution is -0.116. The first-order valence-electron chi connectivity index (χ1n) is 7.89. The van der Waals surface area contributed by atoms with Crippen LogP contribution in [0.3, 0.4) is 0 Å². The van der Waals surface area contributed by atoms with E-state index in [1.54, 1.807) is 42.5 Å². The number of rotatable bonds is 4. The molecule has 0 spiro atoms. The number of aromatic nitrogens is 1. The summed E-state index contributed by atoms with van der Waals surface area (Å²) in [6, 6.07) is 15.5. The van der Waals surface area contributed by atoms with E-state index in [-0.39, 0.29) is 23.9 Å². The van der Waals surface area contributed by atoms with Crippen molar-refractivity contribution >= 4 is 44.3 Å². The Bertz CT molecular complexity index is 1060. The van der Waals surface area contributed by atoms with Crippen molar-refractivity contribution in [3.8, 4) is 0 Å². The van der Waals surface area contributed by atoms with Gasteiger partial charge in [-0.05, 0) is 24.3 Å². The van der Waals surface area contributed by atoms with Crippen molar-refractivity contribution in [3.05, 3.63) is 75.0 Å². The van der Waals surface area contributed by atoms with E-state index in [0.717, 1.165) is 4.47 Å². The maximum Gasteiger partial charge on any atom is 0.252 e. The summed E-state index contributed by atoms with van der Waals surface area (Å²) in [6.07, 6.45) is 0. The minimum Gasteiger partial charge on any atom is -0.355 e. The van der Waals surface area contributed by atoms with Crippen molar-refractivity contribution in [2.45, 2.75) is 6.54 Å². The highest BCUT2D eigenvalue weighted by atomic mass is 79.9. The molecule has 0 saturated carbocycles. The summed E-state index contributed by atoms with van der Waals surface area (Å²) in [6.45, 7) is -0.153. The zero-order chi connectivity index (χ0) is 18.7. The minimum absolute atomic E-state index is 0.153. The zero-order valence-electron chi connectivity index (χ0n) is 14.0. The lowest BCUT2D eigenvalue weighted by Crippen LogP contribution is -2.30. The lowest BCUT2D eigenvalue weighted by atomic mass is 10.1. The van der Waals surface area contributed by atoms with Gasteiger partial charge >= 0.3 is 0 Å². The van der Waals surface area contributed by atoms with Crippen LogP contribution in [-0.4, -0.2) is 23.4 Å². The van der Waals surface area contributed by atoms with Crippen molar-refractivity contribution in [3.63, 3.8) is 0 Å². The molecule has 0 atom stereocenters. The summed E-state index contributed by atoms with van der Waals surface area (Å²) in [5, 5.41) is 5.90. The van der Waals surface area contributed by atoms with Crippen LogP contribution in [0.4, 0.5) is 5.69 Å². The van der Waals surface area contributed by atoms with Crippen LogP contribution in [0, 0.1) is 0 Å². The normalized spacial score (nSPS) is 10.5. The molecular weight excluding hydrogens is 398 g/mol. The standard InChI is InChI=1S/C19H16BrN3O3/c1-21-19(26)15-10-18(25)23(16-8-3-2-7-14(15)16)11-17(24)22-13-6-4-5-12(20)9-13/h2-10H,11H2,1H3,(H,21,26)(H,22,24). The Kier molecular flexibility index (Phi) is 5.18. The fourth-order valence-electron chi connectivity index (χ4n) is 2.73. The molecule has 2 aromatic carbocycles. The molecule has 1 aromatic heterocycles. The van der Waals surface area contributed by atoms with Crippen LogP contribution in [0.15, 0.2) is 63.9 Å². The Hall–Kier alpha value is -2.93. The lowest BCUT2D eigenvalue weighted by Gasteiger charge is -2.13. The first kappa shape index (κ1) is 17.9. The second-order valence-electron chi connectivity index (χ2n) is 5.64. The fourth-order valence-corrected chi connectivity index (χ4v) is 3.13. The number of nitrogens with one attached hydrogen (secondary N) is 2. The summed E-state index contributed by atoms with van der Waals surface area (Å²) in [5.74, 6) is -0.674. The Morgan fingerprint density at radius 3 is 2.58 bits per heavy atom. The van der Waals surface area contributed by atoms with E-state index in [9.17, 15) is 14.4 Å². The third kappa shape index (κ3) is 3.67. The summed E-state index contributed by atoms with van der Waals surface area (Å²) >= 11 is 3.35. The minimum atomic E-state index is -0.410. The molecule has 1 heterocycles. The van der Waals surface area contributed by atoms with Gasteiger partial charge in [-0.25, -0.2) is 0 Å². The monoisotopic (exact) mass is 413 g/mol. The average Bonchev–Trinajstić information content (AvgIpc) is 2.63. The highest BCUT2D eigenvalue weighted by molar-refractivity contribution is 9.10. The predicted octanol–water partition coefficient (Wildman–Crippen LogP) is 2.76. The maximum atomic E-state index is 12.5. The van der Waals surface area contributed by atoms with Gasteiger partial charge in [0.15, 0.2) is 0 Å². The molecule has 3 rings (SSSR count). The van der Waals surface area contributed by atoms with Gasteiger partial charge in [0.25, 0.3) is 11.5 Å². The summed E-state index contributed by atoms with van der Waals surface area (Å²) < 4.78 is 2.20. The smallest absolute Gasteiger partial charge is 0.252 e. The molecular formula is C19H16BrN3O3. The van der Waals surface area contributed by atoms with Crippen LogP contribution in [0.25, 0.3) is 10.9 Å². The number of hydrogen-bond acceptors (Lipinski definition) is 3. The molecule has 0 bridgehead atoms. The number of hydrogen-bond donors (Lipinski definition) is 2. The number of anilines is 1. The van der Waals surface area contributed by atoms with E-state index in [1.807, 2.05) is 6.07 Å². The number of carbonyl (C=O) groups excluding carboxylic acids is 2. The highest BCUT2D eigenvalue weighted by Gasteiger charge is 2.15. The number of carbonyl (C=O) groups is 2. The van der Waals surface area contributed by atoms with Crippen LogP contribution in [-0.2, 0) is 11.3 Å². The van der Waals surface area contributed by atoms with E-state index in [2.05, 4.69) is 26.6 Å². The number of benzene rings is 2. The number of para-hydroxylation sites is 1. The summed E-state index contributed by atoms with van der Waals surface area (Å²) in [5.41, 5.74) is 1.04. The van der Waals surface area contributed by atoms with Crippen LogP contribution >= 0.6 is 15.9 Å². The van der Waals surface area contributed by atoms with Gasteiger partial charge in [-0.1, -0.05) is 40.2 Å². The molecule has 132 valence electrons. The van der Waals surface area contributed by atoms with Gasteiger partial charge in [0, 0.05) is 28.7 Å². The van der Waals surface area contributed by atoms with Crippen molar-refractivity contribution < 1.29 is 9.59 Å². The molecule has 0 unspecified atom stereocenters. The van der Waals surface area contributed by atoms with Crippen molar-refractivity contribution in [2.75, 3.05) is 12.4 Å². The Labute approximate surface area is 158 Å². The molecule has 0 aliphatic carbocycles. The van der Waals surface area contributed by atoms with Crippen LogP contribution in [0.5, 0.6) is 0 Å². The van der Waals surface area contributed by atoms with Gasteiger partial charge in [-0.3, -0.25) is 19.0 Å². The maximum absolute atomic E-state index is 12.5. The molecule has 2 amide bonds. The van der Waals surface area contributed by atoms with Gasteiger partial charge in [-0.2, -0.15) is 0 Å². The first-order chi connectivity index (χ1) is 12.5. The largest absolute Gasteiger partial charge is 0.355 e. The van der Waals surface area contributed by atoms with Crippen LogP contribution in [0.1, 0.15) is 10.4 Å². The van der Waals surface area contributed by atoms with Gasteiger partial charge in [-0.15, -0.1) is 0 Å².